The third kappa shape index (κ3) is 7.39. The molecule has 2 rings (SSSR count). The van der Waals surface area contributed by atoms with Crippen LogP contribution in [-0.4, -0.2) is 42.9 Å². The Morgan fingerprint density at radius 3 is 1.69 bits per heavy atom. The molecule has 1 atom stereocenters. The fraction of sp³-hybridized carbons (Fsp3) is 0.960. The number of carbonyl (C=O) groups excluding carboxylic acids is 1. The molecule has 0 aromatic heterocycles. The van der Waals surface area contributed by atoms with E-state index in [1.54, 1.807) is 0 Å². The fourth-order valence-electron chi connectivity index (χ4n) is 6.15. The van der Waals surface area contributed by atoms with E-state index >= 15 is 0 Å². The van der Waals surface area contributed by atoms with Crippen molar-refractivity contribution in [2.45, 2.75) is 128 Å². The first kappa shape index (κ1) is 28.0. The minimum absolute atomic E-state index is 0.0112. The van der Waals surface area contributed by atoms with Crippen LogP contribution in [0.5, 0.6) is 0 Å². The van der Waals surface area contributed by atoms with Gasteiger partial charge in [-0.1, -0.05) is 58.8 Å². The molecule has 2 saturated carbocycles. The molecule has 0 amide bonds. The van der Waals surface area contributed by atoms with Gasteiger partial charge in [-0.2, -0.15) is 0 Å². The maximum atomic E-state index is 13.7. The van der Waals surface area contributed by atoms with Crippen molar-refractivity contribution in [1.82, 2.24) is 0 Å². The molecule has 0 radical (unpaired) electrons. The zero-order valence-electron chi connectivity index (χ0n) is 21.6. The average Bonchev–Trinajstić information content (AvgIpc) is 3.48. The van der Waals surface area contributed by atoms with Crippen LogP contribution in [0.25, 0.3) is 0 Å². The summed E-state index contributed by atoms with van der Waals surface area (Å²) in [5.74, 6) is -0.268. The Bertz CT molecular complexity index is 499. The minimum Gasteiger partial charge on any atom is -0.518 e. The lowest BCUT2D eigenvalue weighted by Crippen LogP contribution is -2.51. The normalized spacial score (nSPS) is 19.5. The Hall–Kier alpha value is -0.216. The molecule has 32 heavy (non-hydrogen) atoms. The third-order valence-corrected chi connectivity index (χ3v) is 16.5. The summed E-state index contributed by atoms with van der Waals surface area (Å²) in [4.78, 5) is 13.7. The van der Waals surface area contributed by atoms with Gasteiger partial charge < -0.3 is 17.7 Å². The van der Waals surface area contributed by atoms with Gasteiger partial charge in [-0.15, -0.1) is 0 Å². The van der Waals surface area contributed by atoms with Crippen molar-refractivity contribution in [3.8, 4) is 0 Å². The Labute approximate surface area is 199 Å². The van der Waals surface area contributed by atoms with Gasteiger partial charge in [0.1, 0.15) is 0 Å². The summed E-state index contributed by atoms with van der Waals surface area (Å²) in [5, 5.41) is 0. The zero-order chi connectivity index (χ0) is 23.5. The first-order valence-corrected chi connectivity index (χ1v) is 17.8. The fourth-order valence-corrected chi connectivity index (χ4v) is 15.1. The van der Waals surface area contributed by atoms with Crippen molar-refractivity contribution in [3.05, 3.63) is 0 Å². The van der Waals surface area contributed by atoms with Crippen molar-refractivity contribution in [2.24, 2.45) is 5.92 Å². The summed E-state index contributed by atoms with van der Waals surface area (Å²) in [6.45, 7) is 11.8. The molecule has 0 aromatic carbocycles. The molecule has 2 aliphatic carbocycles. The zero-order valence-corrected chi connectivity index (χ0v) is 23.6. The second-order valence-corrected chi connectivity index (χ2v) is 16.8. The predicted molar refractivity (Wildman–Crippen MR) is 135 cm³/mol. The highest BCUT2D eigenvalue weighted by molar-refractivity contribution is 6.78. The molecule has 2 aliphatic rings. The number of unbranched alkanes of at least 4 members (excludes halogenated alkanes) is 2. The molecule has 0 heterocycles. The van der Waals surface area contributed by atoms with Crippen LogP contribution >= 0.6 is 0 Å². The van der Waals surface area contributed by atoms with Crippen molar-refractivity contribution >= 4 is 23.1 Å². The van der Waals surface area contributed by atoms with E-state index in [0.717, 1.165) is 0 Å². The molecule has 5 nitrogen and oxygen atoms in total. The molecule has 188 valence electrons. The monoisotopic (exact) mass is 486 g/mol. The minimum atomic E-state index is -2.88. The number of carbonyl (C=O) groups is 1. The number of hydrogen-bond acceptors (Lipinski definition) is 5. The quantitative estimate of drug-likeness (QED) is 0.170. The maximum absolute atomic E-state index is 13.7. The van der Waals surface area contributed by atoms with Gasteiger partial charge in [-0.3, -0.25) is 4.79 Å². The smallest absolute Gasteiger partial charge is 0.501 e. The molecular formula is C25H50O5Si2. The van der Waals surface area contributed by atoms with Crippen LogP contribution in [0.3, 0.4) is 0 Å². The molecule has 0 aromatic rings. The number of rotatable bonds is 16. The molecule has 0 bridgehead atoms. The SMILES string of the molecule is CCCCC[Si](OC(=O)C(C)C[Si](OCC)(OCC)OCC)(C1CCCC1)C1CCCC1. The van der Waals surface area contributed by atoms with Crippen LogP contribution in [0.15, 0.2) is 0 Å². The Morgan fingerprint density at radius 2 is 1.28 bits per heavy atom. The predicted octanol–water partition coefficient (Wildman–Crippen LogP) is 7.24. The lowest BCUT2D eigenvalue weighted by Gasteiger charge is -2.42. The van der Waals surface area contributed by atoms with Gasteiger partial charge in [-0.25, -0.2) is 0 Å². The van der Waals surface area contributed by atoms with Crippen molar-refractivity contribution in [1.29, 1.82) is 0 Å². The van der Waals surface area contributed by atoms with E-state index in [4.69, 9.17) is 17.7 Å². The van der Waals surface area contributed by atoms with Crippen LogP contribution in [0.1, 0.15) is 105 Å². The summed E-state index contributed by atoms with van der Waals surface area (Å²) in [6.07, 6.45) is 14.0. The molecule has 2 fully saturated rings. The second-order valence-electron chi connectivity index (χ2n) is 9.88. The highest BCUT2D eigenvalue weighted by Gasteiger charge is 2.54. The molecule has 7 heteroatoms. The third-order valence-electron chi connectivity index (χ3n) is 7.61. The largest absolute Gasteiger partial charge is 0.518 e. The molecule has 1 unspecified atom stereocenters. The van der Waals surface area contributed by atoms with Crippen LogP contribution < -0.4 is 0 Å². The van der Waals surface area contributed by atoms with Gasteiger partial charge in [0.25, 0.3) is 14.3 Å². The standard InChI is InChI=1S/C25H50O5Si2/c1-6-10-15-20-31(23-16-11-12-17-23,24-18-13-14-19-24)30-25(26)22(5)21-32(27-7-2,28-8-3)29-9-4/h22-24H,6-21H2,1-5H3. The van der Waals surface area contributed by atoms with Gasteiger partial charge in [-0.05, 0) is 63.6 Å². The van der Waals surface area contributed by atoms with Gasteiger partial charge in [0.2, 0.25) is 0 Å². The summed E-state index contributed by atoms with van der Waals surface area (Å²) in [5.41, 5.74) is 1.32. The molecular weight excluding hydrogens is 436 g/mol. The molecule has 0 spiro atoms. The van der Waals surface area contributed by atoms with E-state index in [0.29, 0.717) is 36.9 Å². The van der Waals surface area contributed by atoms with Gasteiger partial charge >= 0.3 is 8.80 Å². The van der Waals surface area contributed by atoms with Crippen molar-refractivity contribution in [2.75, 3.05) is 19.8 Å². The van der Waals surface area contributed by atoms with E-state index < -0.39 is 17.1 Å². The number of hydrogen-bond donors (Lipinski definition) is 0. The summed E-state index contributed by atoms with van der Waals surface area (Å²) >= 11 is 0. The first-order valence-electron chi connectivity index (χ1n) is 13.6. The van der Waals surface area contributed by atoms with E-state index in [9.17, 15) is 4.79 Å². The van der Waals surface area contributed by atoms with Gasteiger partial charge in [0, 0.05) is 25.9 Å². The van der Waals surface area contributed by atoms with Crippen LogP contribution in [0.2, 0.25) is 23.2 Å². The Kier molecular flexibility index (Phi) is 12.5. The molecule has 0 saturated heterocycles. The Balaban J connectivity index is 2.22. The summed E-state index contributed by atoms with van der Waals surface area (Å²) < 4.78 is 25.0. The highest BCUT2D eigenvalue weighted by Crippen LogP contribution is 2.53. The van der Waals surface area contributed by atoms with Gasteiger partial charge in [0.05, 0.1) is 5.92 Å². The van der Waals surface area contributed by atoms with Crippen molar-refractivity contribution < 1.29 is 22.5 Å². The topological polar surface area (TPSA) is 54.0 Å². The Morgan fingerprint density at radius 1 is 0.812 bits per heavy atom. The van der Waals surface area contributed by atoms with E-state index in [2.05, 4.69) is 6.92 Å². The maximum Gasteiger partial charge on any atom is 0.501 e. The van der Waals surface area contributed by atoms with Crippen LogP contribution in [-0.2, 0) is 22.5 Å². The van der Waals surface area contributed by atoms with Crippen molar-refractivity contribution in [3.63, 3.8) is 0 Å². The lowest BCUT2D eigenvalue weighted by atomic mass is 10.2. The average molecular weight is 487 g/mol. The summed E-state index contributed by atoms with van der Waals surface area (Å²) in [6, 6.07) is 1.68. The second kappa shape index (κ2) is 14.2. The molecule has 0 N–H and O–H groups in total. The summed E-state index contributed by atoms with van der Waals surface area (Å²) in [7, 11) is -5.06. The van der Waals surface area contributed by atoms with E-state index in [1.807, 2.05) is 27.7 Å². The molecule has 0 aliphatic heterocycles. The van der Waals surface area contributed by atoms with Crippen LogP contribution in [0, 0.1) is 5.92 Å². The van der Waals surface area contributed by atoms with E-state index in [-0.39, 0.29) is 11.9 Å². The van der Waals surface area contributed by atoms with Crippen LogP contribution in [0.4, 0.5) is 0 Å². The van der Waals surface area contributed by atoms with Gasteiger partial charge in [0.15, 0.2) is 0 Å². The highest BCUT2D eigenvalue weighted by atomic mass is 28.4. The lowest BCUT2D eigenvalue weighted by molar-refractivity contribution is -0.139. The first-order chi connectivity index (χ1) is 15.5. The van der Waals surface area contributed by atoms with E-state index in [1.165, 1.54) is 76.7 Å².